The Bertz CT molecular complexity index is 1330. The number of hydrogen-bond acceptors (Lipinski definition) is 7. The molecule has 10 heteroatoms. The second-order valence-electron chi connectivity index (χ2n) is 8.65. The Morgan fingerprint density at radius 3 is 2.62 bits per heavy atom. The predicted octanol–water partition coefficient (Wildman–Crippen LogP) is 4.03. The lowest BCUT2D eigenvalue weighted by atomic mass is 10.1. The Labute approximate surface area is 195 Å². The molecular formula is C24H26F2N8. The highest BCUT2D eigenvalue weighted by molar-refractivity contribution is 5.83. The van der Waals surface area contributed by atoms with Crippen LogP contribution in [0.25, 0.3) is 22.3 Å². The molecule has 1 aliphatic heterocycles. The van der Waals surface area contributed by atoms with Crippen LogP contribution in [-0.2, 0) is 0 Å². The molecule has 4 aromatic rings. The van der Waals surface area contributed by atoms with Crippen molar-refractivity contribution >= 4 is 22.8 Å². The summed E-state index contributed by atoms with van der Waals surface area (Å²) in [6.07, 6.45) is 2.86. The van der Waals surface area contributed by atoms with Crippen LogP contribution in [0.4, 0.5) is 20.5 Å². The van der Waals surface area contributed by atoms with Crippen LogP contribution in [0.15, 0.2) is 36.7 Å². The third kappa shape index (κ3) is 4.22. The van der Waals surface area contributed by atoms with Crippen LogP contribution in [0.2, 0.25) is 0 Å². The van der Waals surface area contributed by atoms with Crippen molar-refractivity contribution in [3.8, 4) is 11.3 Å². The zero-order valence-electron chi connectivity index (χ0n) is 19.2. The van der Waals surface area contributed by atoms with Gasteiger partial charge in [0.05, 0.1) is 11.7 Å². The van der Waals surface area contributed by atoms with Gasteiger partial charge in [0.25, 0.3) is 0 Å². The molecule has 5 rings (SSSR count). The molecule has 3 aromatic heterocycles. The highest BCUT2D eigenvalue weighted by Gasteiger charge is 2.19. The van der Waals surface area contributed by atoms with Gasteiger partial charge in [-0.15, -0.1) is 0 Å². The average Bonchev–Trinajstić information content (AvgIpc) is 3.18. The van der Waals surface area contributed by atoms with Crippen molar-refractivity contribution in [3.63, 3.8) is 0 Å². The molecule has 0 aliphatic carbocycles. The summed E-state index contributed by atoms with van der Waals surface area (Å²) in [5, 5.41) is 9.80. The molecule has 176 valence electrons. The molecule has 1 atom stereocenters. The molecule has 8 nitrogen and oxygen atoms in total. The van der Waals surface area contributed by atoms with Gasteiger partial charge in [0.2, 0.25) is 5.95 Å². The summed E-state index contributed by atoms with van der Waals surface area (Å²) in [7, 11) is 0. The van der Waals surface area contributed by atoms with Crippen LogP contribution in [0.1, 0.15) is 37.3 Å². The van der Waals surface area contributed by atoms with Gasteiger partial charge in [-0.1, -0.05) is 6.07 Å². The second-order valence-corrected chi connectivity index (χ2v) is 8.65. The first-order chi connectivity index (χ1) is 16.4. The van der Waals surface area contributed by atoms with Gasteiger partial charge in [-0.2, -0.15) is 0 Å². The molecule has 1 aromatic carbocycles. The number of nitrogens with zero attached hydrogens (tertiary/aromatic N) is 5. The van der Waals surface area contributed by atoms with Crippen LogP contribution in [0, 0.1) is 18.6 Å². The van der Waals surface area contributed by atoms with E-state index in [1.54, 1.807) is 12.3 Å². The molecule has 0 amide bonds. The largest absolute Gasteiger partial charge is 0.326 e. The van der Waals surface area contributed by atoms with Gasteiger partial charge >= 0.3 is 0 Å². The molecule has 1 fully saturated rings. The van der Waals surface area contributed by atoms with E-state index in [4.69, 9.17) is 0 Å². The maximum atomic E-state index is 14.9. The number of fused-ring (bicyclic) bond motifs is 1. The monoisotopic (exact) mass is 464 g/mol. The Kier molecular flexibility index (Phi) is 5.93. The number of aryl methyl sites for hydroxylation is 1. The first kappa shape index (κ1) is 22.3. The third-order valence-electron chi connectivity index (χ3n) is 5.93. The summed E-state index contributed by atoms with van der Waals surface area (Å²) >= 11 is 0. The van der Waals surface area contributed by atoms with Crippen molar-refractivity contribution in [2.75, 3.05) is 25.0 Å². The summed E-state index contributed by atoms with van der Waals surface area (Å²) in [4.78, 5) is 17.1. The molecule has 3 N–H and O–H groups in total. The van der Waals surface area contributed by atoms with Crippen molar-refractivity contribution in [3.05, 3.63) is 59.7 Å². The normalized spacial score (nSPS) is 16.4. The summed E-state index contributed by atoms with van der Waals surface area (Å²) in [5.74, 6) is 0.227. The number of benzene rings is 1. The van der Waals surface area contributed by atoms with E-state index in [0.29, 0.717) is 22.7 Å². The number of piperazine rings is 1. The van der Waals surface area contributed by atoms with E-state index in [1.165, 1.54) is 6.07 Å². The van der Waals surface area contributed by atoms with Crippen molar-refractivity contribution in [1.29, 1.82) is 0 Å². The number of aromatic nitrogens is 5. The second kappa shape index (κ2) is 9.03. The summed E-state index contributed by atoms with van der Waals surface area (Å²) in [5.41, 5.74) is 2.24. The van der Waals surface area contributed by atoms with Crippen molar-refractivity contribution in [1.82, 2.24) is 35.1 Å². The fourth-order valence-electron chi connectivity index (χ4n) is 4.38. The Hall–Kier alpha value is -3.50. The maximum absolute atomic E-state index is 14.9. The molecule has 0 unspecified atom stereocenters. The van der Waals surface area contributed by atoms with E-state index >= 15 is 0 Å². The SMILES string of the molecule is Cc1nc2c(F)cc(-c3nc(Nc4ccc([C@H]5CNCCN5)cn4)ncc3F)cc2n1C(C)C. The average molecular weight is 465 g/mol. The van der Waals surface area contributed by atoms with Crippen LogP contribution in [0.3, 0.4) is 0 Å². The van der Waals surface area contributed by atoms with Gasteiger partial charge in [0, 0.05) is 43.5 Å². The van der Waals surface area contributed by atoms with Crippen LogP contribution >= 0.6 is 0 Å². The number of imidazole rings is 1. The topological polar surface area (TPSA) is 92.6 Å². The lowest BCUT2D eigenvalue weighted by molar-refractivity contribution is 0.429. The summed E-state index contributed by atoms with van der Waals surface area (Å²) < 4.78 is 31.5. The molecule has 1 saturated heterocycles. The van der Waals surface area contributed by atoms with E-state index < -0.39 is 11.6 Å². The highest BCUT2D eigenvalue weighted by atomic mass is 19.1. The number of hydrogen-bond donors (Lipinski definition) is 3. The quantitative estimate of drug-likeness (QED) is 0.411. The van der Waals surface area contributed by atoms with E-state index in [2.05, 4.69) is 35.9 Å². The van der Waals surface area contributed by atoms with Crippen molar-refractivity contribution < 1.29 is 8.78 Å². The van der Waals surface area contributed by atoms with Gasteiger partial charge in [-0.05, 0) is 44.5 Å². The Balaban J connectivity index is 1.45. The number of rotatable bonds is 5. The molecule has 0 saturated carbocycles. The minimum Gasteiger partial charge on any atom is -0.326 e. The maximum Gasteiger partial charge on any atom is 0.229 e. The van der Waals surface area contributed by atoms with Crippen molar-refractivity contribution in [2.24, 2.45) is 0 Å². The number of halogens is 2. The molecule has 0 bridgehead atoms. The molecule has 0 radical (unpaired) electrons. The Morgan fingerprint density at radius 1 is 1.06 bits per heavy atom. The van der Waals surface area contributed by atoms with Crippen LogP contribution < -0.4 is 16.0 Å². The fourth-order valence-corrected chi connectivity index (χ4v) is 4.38. The van der Waals surface area contributed by atoms with E-state index in [9.17, 15) is 8.78 Å². The van der Waals surface area contributed by atoms with Gasteiger partial charge in [-0.3, -0.25) is 0 Å². The minimum atomic E-state index is -0.643. The number of anilines is 2. The third-order valence-corrected chi connectivity index (χ3v) is 5.93. The van der Waals surface area contributed by atoms with Gasteiger partial charge in [0.15, 0.2) is 11.6 Å². The predicted molar refractivity (Wildman–Crippen MR) is 127 cm³/mol. The smallest absolute Gasteiger partial charge is 0.229 e. The minimum absolute atomic E-state index is 0.00144. The van der Waals surface area contributed by atoms with E-state index in [-0.39, 0.29) is 29.2 Å². The lowest BCUT2D eigenvalue weighted by Crippen LogP contribution is -2.42. The summed E-state index contributed by atoms with van der Waals surface area (Å²) in [6, 6.07) is 7.05. The lowest BCUT2D eigenvalue weighted by Gasteiger charge is -2.24. The Morgan fingerprint density at radius 2 is 1.91 bits per heavy atom. The molecule has 0 spiro atoms. The van der Waals surface area contributed by atoms with Gasteiger partial charge < -0.3 is 20.5 Å². The molecule has 34 heavy (non-hydrogen) atoms. The van der Waals surface area contributed by atoms with Crippen LogP contribution in [0.5, 0.6) is 0 Å². The zero-order valence-corrected chi connectivity index (χ0v) is 19.2. The first-order valence-electron chi connectivity index (χ1n) is 11.3. The molecule has 1 aliphatic rings. The standard InChI is InChI=1S/C24H26F2N8/c1-13(2)34-14(3)31-23-17(25)8-16(9-20(23)34)22-18(26)11-30-24(33-22)32-21-5-4-15(10-29-21)19-12-27-6-7-28-19/h4-5,8-11,13,19,27-28H,6-7,12H2,1-3H3,(H,29,30,32,33)/t19-/m1/s1. The van der Waals surface area contributed by atoms with Crippen LogP contribution in [-0.4, -0.2) is 44.1 Å². The van der Waals surface area contributed by atoms with E-state index in [0.717, 1.165) is 31.4 Å². The number of pyridine rings is 1. The molecular weight excluding hydrogens is 438 g/mol. The van der Waals surface area contributed by atoms with Crippen molar-refractivity contribution in [2.45, 2.75) is 32.9 Å². The van der Waals surface area contributed by atoms with E-state index in [1.807, 2.05) is 37.5 Å². The fraction of sp³-hybridized carbons (Fsp3) is 0.333. The summed E-state index contributed by atoms with van der Waals surface area (Å²) in [6.45, 7) is 8.50. The van der Waals surface area contributed by atoms with Gasteiger partial charge in [-0.25, -0.2) is 28.7 Å². The highest BCUT2D eigenvalue weighted by Crippen LogP contribution is 2.30. The zero-order chi connectivity index (χ0) is 23.8. The molecule has 4 heterocycles. The number of nitrogens with one attached hydrogen (secondary N) is 3. The van der Waals surface area contributed by atoms with Gasteiger partial charge in [0.1, 0.15) is 22.9 Å². The first-order valence-corrected chi connectivity index (χ1v) is 11.3.